The molecule has 67 heavy (non-hydrogen) atoms. The van der Waals surface area contributed by atoms with Gasteiger partial charge in [0.2, 0.25) is 11.9 Å². The van der Waals surface area contributed by atoms with Gasteiger partial charge in [0, 0.05) is 67.1 Å². The van der Waals surface area contributed by atoms with E-state index in [0.717, 1.165) is 146 Å². The Morgan fingerprint density at radius 2 is 1.16 bits per heavy atom. The van der Waals surface area contributed by atoms with E-state index in [9.17, 15) is 0 Å². The number of aromatic amines is 2. The molecule has 0 saturated carbocycles. The van der Waals surface area contributed by atoms with Crippen LogP contribution in [0.1, 0.15) is 18.9 Å². The highest BCUT2D eigenvalue weighted by Gasteiger charge is 2.26. The van der Waals surface area contributed by atoms with E-state index in [1.807, 2.05) is 67.0 Å². The second-order valence-corrected chi connectivity index (χ2v) is 18.4. The normalized spacial score (nSPS) is 14.6. The molecule has 0 amide bonds. The number of anilines is 7. The molecule has 19 heteroatoms. The lowest BCUT2D eigenvalue weighted by Gasteiger charge is -2.36. The van der Waals surface area contributed by atoms with Gasteiger partial charge in [-0.05, 0) is 109 Å². The zero-order valence-corrected chi connectivity index (χ0v) is 38.0. The van der Waals surface area contributed by atoms with Crippen molar-refractivity contribution in [1.82, 2.24) is 55.3 Å². The van der Waals surface area contributed by atoms with E-state index in [1.54, 1.807) is 29.8 Å². The third kappa shape index (κ3) is 8.12. The molecule has 17 nitrogen and oxygen atoms in total. The van der Waals surface area contributed by atoms with Gasteiger partial charge in [-0.3, -0.25) is 10.2 Å². The Balaban J connectivity index is 0.000000140. The van der Waals surface area contributed by atoms with E-state index in [2.05, 4.69) is 114 Å². The summed E-state index contributed by atoms with van der Waals surface area (Å²) in [6.07, 6.45) is 5.60. The lowest BCUT2D eigenvalue weighted by molar-refractivity contribution is 0.367. The number of aromatic nitrogens is 11. The molecule has 7 aromatic heterocycles. The number of methoxy groups -OCH3 is 1. The van der Waals surface area contributed by atoms with Gasteiger partial charge in [-0.1, -0.05) is 17.3 Å². The van der Waals surface area contributed by atoms with Crippen molar-refractivity contribution in [2.75, 3.05) is 71.7 Å². The van der Waals surface area contributed by atoms with Gasteiger partial charge in [0.1, 0.15) is 11.3 Å². The first-order valence-electron chi connectivity index (χ1n) is 22.2. The number of rotatable bonds is 9. The number of piperidine rings is 1. The van der Waals surface area contributed by atoms with Crippen LogP contribution >= 0.6 is 22.7 Å². The standard InChI is InChI=1S/C24H21N9S.C24H23N7OS/c1-2-4-21-19(3-1)30-31-33(21)17-7-10-32(11-8-17)24-27-20-9-12-34-22(20)23(28-24)26-16-5-6-18-15(13-16)14-25-29-18;1-32-19-5-3-18(4-6-19)30-9-11-31(12-10-30)24-27-21-8-13-33-22(21)23(28-24)26-17-2-7-20-16(14-17)15-25-29-20/h1-6,9,12-14,17H,7-8,10-11H2,(H,25,29)(H,26,27,28);2-8,13-15H,9-12H2,1H3,(H,25,29)(H,26,27,28). The summed E-state index contributed by atoms with van der Waals surface area (Å²) in [6.45, 7) is 5.29. The fraction of sp³-hybridized carbons (Fsp3) is 0.208. The molecule has 0 radical (unpaired) electrons. The van der Waals surface area contributed by atoms with Gasteiger partial charge in [-0.15, -0.1) is 27.8 Å². The van der Waals surface area contributed by atoms with Crippen LogP contribution in [0, 0.1) is 0 Å². The quantitative estimate of drug-likeness (QED) is 0.107. The summed E-state index contributed by atoms with van der Waals surface area (Å²) in [5, 5.41) is 36.2. The van der Waals surface area contributed by atoms with Gasteiger partial charge in [0.25, 0.3) is 0 Å². The van der Waals surface area contributed by atoms with Crippen molar-refractivity contribution in [2.45, 2.75) is 18.9 Å². The Labute approximate surface area is 391 Å². The lowest BCUT2D eigenvalue weighted by atomic mass is 10.1. The first-order chi connectivity index (χ1) is 33.1. The molecule has 11 aromatic rings. The number of fused-ring (bicyclic) bond motifs is 5. The molecular formula is C48H44N16OS2. The molecule has 0 aliphatic carbocycles. The van der Waals surface area contributed by atoms with Crippen molar-refractivity contribution in [1.29, 1.82) is 0 Å². The molecule has 2 fully saturated rings. The van der Waals surface area contributed by atoms with Crippen molar-refractivity contribution in [2.24, 2.45) is 0 Å². The lowest BCUT2D eigenvalue weighted by Crippen LogP contribution is -2.47. The van der Waals surface area contributed by atoms with Gasteiger partial charge in [0.15, 0.2) is 11.6 Å². The maximum atomic E-state index is 5.28. The molecule has 2 aliphatic rings. The molecule has 0 bridgehead atoms. The fourth-order valence-corrected chi connectivity index (χ4v) is 10.4. The summed E-state index contributed by atoms with van der Waals surface area (Å²) in [4.78, 5) is 26.6. The van der Waals surface area contributed by atoms with E-state index >= 15 is 0 Å². The highest BCUT2D eigenvalue weighted by atomic mass is 32.1. The number of H-pyrrole nitrogens is 2. The summed E-state index contributed by atoms with van der Waals surface area (Å²) in [5.41, 5.74) is 9.16. The molecule has 0 spiro atoms. The molecule has 2 saturated heterocycles. The van der Waals surface area contributed by atoms with Crippen molar-refractivity contribution in [3.63, 3.8) is 0 Å². The smallest absolute Gasteiger partial charge is 0.228 e. The van der Waals surface area contributed by atoms with Crippen LogP contribution in [0.15, 0.2) is 120 Å². The topological polar surface area (TPSA) is 183 Å². The van der Waals surface area contributed by atoms with Crippen molar-refractivity contribution < 1.29 is 4.74 Å². The number of ether oxygens (including phenoxy) is 1. The number of thiophene rings is 2. The third-order valence-electron chi connectivity index (χ3n) is 12.5. The zero-order valence-electron chi connectivity index (χ0n) is 36.4. The number of para-hydroxylation sites is 1. The van der Waals surface area contributed by atoms with Gasteiger partial charge < -0.3 is 30.1 Å². The SMILES string of the molecule is COc1ccc(N2CCN(c3nc(Nc4ccc5[nH]ncc5c4)c4sccc4n3)CC2)cc1.c1ccc2c(c1)nnn2C1CCN(c2nc(Nc3ccc4[nH]ncc4c3)c3sccc3n2)CC1. The maximum Gasteiger partial charge on any atom is 0.228 e. The van der Waals surface area contributed by atoms with Gasteiger partial charge in [-0.25, -0.2) is 14.6 Å². The summed E-state index contributed by atoms with van der Waals surface area (Å²) in [7, 11) is 1.69. The maximum absolute atomic E-state index is 5.28. The summed E-state index contributed by atoms with van der Waals surface area (Å²) in [5.74, 6) is 4.08. The van der Waals surface area contributed by atoms with Crippen LogP contribution in [0.2, 0.25) is 0 Å². The minimum atomic E-state index is 0.327. The summed E-state index contributed by atoms with van der Waals surface area (Å²) < 4.78 is 9.47. The van der Waals surface area contributed by atoms with E-state index in [4.69, 9.17) is 24.7 Å². The largest absolute Gasteiger partial charge is 0.497 e. The highest BCUT2D eigenvalue weighted by molar-refractivity contribution is 7.18. The monoisotopic (exact) mass is 924 g/mol. The molecule has 2 aliphatic heterocycles. The van der Waals surface area contributed by atoms with Crippen molar-refractivity contribution in [3.8, 4) is 5.75 Å². The Hall–Kier alpha value is -7.90. The number of piperazine rings is 1. The molecule has 0 atom stereocenters. The third-order valence-corrected chi connectivity index (χ3v) is 14.3. The number of hydrogen-bond donors (Lipinski definition) is 4. The Morgan fingerprint density at radius 3 is 1.76 bits per heavy atom. The van der Waals surface area contributed by atoms with Crippen LogP contribution in [0.3, 0.4) is 0 Å². The van der Waals surface area contributed by atoms with E-state index < -0.39 is 0 Å². The predicted molar refractivity (Wildman–Crippen MR) is 269 cm³/mol. The first-order valence-corrected chi connectivity index (χ1v) is 23.9. The molecule has 9 heterocycles. The van der Waals surface area contributed by atoms with E-state index in [0.29, 0.717) is 6.04 Å². The highest BCUT2D eigenvalue weighted by Crippen LogP contribution is 2.35. The van der Waals surface area contributed by atoms with E-state index in [1.165, 1.54) is 5.69 Å². The van der Waals surface area contributed by atoms with Gasteiger partial charge in [0.05, 0.1) is 62.5 Å². The Bertz CT molecular complexity index is 3490. The fourth-order valence-electron chi connectivity index (χ4n) is 8.89. The molecule has 334 valence electrons. The van der Waals surface area contributed by atoms with Crippen LogP contribution in [-0.2, 0) is 0 Å². The van der Waals surface area contributed by atoms with Crippen LogP contribution in [0.25, 0.3) is 53.3 Å². The molecule has 13 rings (SSSR count). The van der Waals surface area contributed by atoms with Crippen LogP contribution < -0.4 is 30.1 Å². The van der Waals surface area contributed by atoms with E-state index in [-0.39, 0.29) is 0 Å². The molecule has 4 aromatic carbocycles. The van der Waals surface area contributed by atoms with Crippen molar-refractivity contribution >= 4 is 117 Å². The summed E-state index contributed by atoms with van der Waals surface area (Å²) in [6, 6.07) is 33.1. The second kappa shape index (κ2) is 17.5. The van der Waals surface area contributed by atoms with Gasteiger partial charge in [-0.2, -0.15) is 20.2 Å². The van der Waals surface area contributed by atoms with Crippen molar-refractivity contribution in [3.05, 3.63) is 120 Å². The number of hydrogen-bond acceptors (Lipinski definition) is 16. The van der Waals surface area contributed by atoms with Gasteiger partial charge >= 0.3 is 0 Å². The molecular weight excluding hydrogens is 881 g/mol. The molecule has 0 unspecified atom stereocenters. The second-order valence-electron chi connectivity index (χ2n) is 16.5. The number of benzene rings is 4. The number of nitrogens with one attached hydrogen (secondary N) is 4. The van der Waals surface area contributed by atoms with Crippen LogP contribution in [0.5, 0.6) is 5.75 Å². The minimum absolute atomic E-state index is 0.327. The summed E-state index contributed by atoms with van der Waals surface area (Å²) >= 11 is 3.30. The average molecular weight is 925 g/mol. The number of nitrogens with zero attached hydrogens (tertiary/aromatic N) is 12. The molecule has 4 N–H and O–H groups in total. The van der Waals surface area contributed by atoms with Crippen LogP contribution in [0.4, 0.5) is 40.6 Å². The predicted octanol–water partition coefficient (Wildman–Crippen LogP) is 9.54. The zero-order chi connectivity index (χ0) is 44.7. The minimum Gasteiger partial charge on any atom is -0.497 e. The van der Waals surface area contributed by atoms with Crippen LogP contribution in [-0.4, -0.2) is 102 Å². The Kier molecular flexibility index (Phi) is 10.6. The first kappa shape index (κ1) is 40.6. The average Bonchev–Trinajstić information content (AvgIpc) is 4.25. The Morgan fingerprint density at radius 1 is 0.597 bits per heavy atom.